The molecule has 0 aromatic heterocycles. The first kappa shape index (κ1) is 22.1. The molecule has 0 bridgehead atoms. The van der Waals surface area contributed by atoms with Gasteiger partial charge in [-0.15, -0.1) is 0 Å². The van der Waals surface area contributed by atoms with Crippen molar-refractivity contribution in [3.8, 4) is 5.75 Å². The third-order valence-electron chi connectivity index (χ3n) is 4.22. The number of halogens is 2. The normalized spacial score (nSPS) is 11.6. The standard InChI is InChI=1S/C21H24Cl2N2O3/c1-3-18(21(27)24-4-2)25(13-15-9-5-6-10-16(15)22)20(26)14-28-19-12-8-7-11-17(19)23/h5-12,18H,3-4,13-14H2,1-2H3,(H,24,27). The zero-order valence-electron chi connectivity index (χ0n) is 16.0. The number of likely N-dealkylation sites (N-methyl/N-ethyl adjacent to an activating group) is 1. The van der Waals surface area contributed by atoms with E-state index in [0.717, 1.165) is 5.56 Å². The van der Waals surface area contributed by atoms with Gasteiger partial charge in [0.05, 0.1) is 5.02 Å². The third kappa shape index (κ3) is 5.88. The van der Waals surface area contributed by atoms with Gasteiger partial charge in [0.15, 0.2) is 6.61 Å². The van der Waals surface area contributed by atoms with Crippen LogP contribution in [0, 0.1) is 0 Å². The zero-order valence-corrected chi connectivity index (χ0v) is 17.5. The Balaban J connectivity index is 2.23. The van der Waals surface area contributed by atoms with Gasteiger partial charge in [-0.05, 0) is 37.1 Å². The Bertz CT molecular complexity index is 814. The van der Waals surface area contributed by atoms with Crippen molar-refractivity contribution in [2.45, 2.75) is 32.9 Å². The topological polar surface area (TPSA) is 58.6 Å². The molecule has 0 aliphatic carbocycles. The molecule has 1 unspecified atom stereocenters. The number of rotatable bonds is 9. The first-order chi connectivity index (χ1) is 13.5. The van der Waals surface area contributed by atoms with Crippen molar-refractivity contribution in [1.29, 1.82) is 0 Å². The van der Waals surface area contributed by atoms with E-state index in [0.29, 0.717) is 28.8 Å². The molecule has 1 N–H and O–H groups in total. The monoisotopic (exact) mass is 422 g/mol. The van der Waals surface area contributed by atoms with Crippen LogP contribution >= 0.6 is 23.2 Å². The Morgan fingerprint density at radius 1 is 1.04 bits per heavy atom. The van der Waals surface area contributed by atoms with Crippen molar-refractivity contribution in [2.24, 2.45) is 0 Å². The number of carbonyl (C=O) groups excluding carboxylic acids is 2. The van der Waals surface area contributed by atoms with Gasteiger partial charge >= 0.3 is 0 Å². The van der Waals surface area contributed by atoms with Crippen LogP contribution in [0.2, 0.25) is 10.0 Å². The van der Waals surface area contributed by atoms with Gasteiger partial charge in [0, 0.05) is 18.1 Å². The maximum atomic E-state index is 13.0. The molecule has 0 saturated heterocycles. The van der Waals surface area contributed by atoms with Crippen LogP contribution in [-0.4, -0.2) is 35.9 Å². The Hall–Kier alpha value is -2.24. The largest absolute Gasteiger partial charge is 0.482 e. The molecule has 7 heteroatoms. The quantitative estimate of drug-likeness (QED) is 0.654. The summed E-state index contributed by atoms with van der Waals surface area (Å²) in [5, 5.41) is 3.75. The SMILES string of the molecule is CCNC(=O)C(CC)N(Cc1ccccc1Cl)C(=O)COc1ccccc1Cl. The Kier molecular flexibility index (Phi) is 8.61. The minimum atomic E-state index is -0.626. The molecule has 2 rings (SSSR count). The van der Waals surface area contributed by atoms with E-state index in [4.69, 9.17) is 27.9 Å². The highest BCUT2D eigenvalue weighted by Gasteiger charge is 2.29. The van der Waals surface area contributed by atoms with E-state index < -0.39 is 6.04 Å². The summed E-state index contributed by atoms with van der Waals surface area (Å²) in [7, 11) is 0. The second kappa shape index (κ2) is 10.9. The fourth-order valence-corrected chi connectivity index (χ4v) is 3.19. The molecule has 0 fully saturated rings. The fourth-order valence-electron chi connectivity index (χ4n) is 2.81. The molecule has 150 valence electrons. The Labute approximate surface area is 175 Å². The molecular weight excluding hydrogens is 399 g/mol. The first-order valence-corrected chi connectivity index (χ1v) is 9.91. The van der Waals surface area contributed by atoms with Crippen molar-refractivity contribution in [3.63, 3.8) is 0 Å². The zero-order chi connectivity index (χ0) is 20.5. The predicted octanol–water partition coefficient (Wildman–Crippen LogP) is 4.32. The van der Waals surface area contributed by atoms with Crippen LogP contribution in [-0.2, 0) is 16.1 Å². The van der Waals surface area contributed by atoms with Gasteiger partial charge in [0.25, 0.3) is 5.91 Å². The molecular formula is C21H24Cl2N2O3. The van der Waals surface area contributed by atoms with Crippen molar-refractivity contribution in [1.82, 2.24) is 10.2 Å². The molecule has 0 aliphatic heterocycles. The lowest BCUT2D eigenvalue weighted by Crippen LogP contribution is -2.50. The van der Waals surface area contributed by atoms with Crippen LogP contribution in [0.15, 0.2) is 48.5 Å². The van der Waals surface area contributed by atoms with Crippen LogP contribution in [0.4, 0.5) is 0 Å². The number of hydrogen-bond donors (Lipinski definition) is 1. The molecule has 0 spiro atoms. The van der Waals surface area contributed by atoms with Gasteiger partial charge in [-0.2, -0.15) is 0 Å². The van der Waals surface area contributed by atoms with E-state index >= 15 is 0 Å². The number of nitrogens with zero attached hydrogens (tertiary/aromatic N) is 1. The Morgan fingerprint density at radius 3 is 2.29 bits per heavy atom. The molecule has 5 nitrogen and oxygen atoms in total. The molecule has 0 radical (unpaired) electrons. The summed E-state index contributed by atoms with van der Waals surface area (Å²) in [5.41, 5.74) is 0.762. The number of hydrogen-bond acceptors (Lipinski definition) is 3. The second-order valence-electron chi connectivity index (χ2n) is 6.15. The van der Waals surface area contributed by atoms with E-state index in [1.807, 2.05) is 32.0 Å². The molecule has 2 amide bonds. The highest BCUT2D eigenvalue weighted by molar-refractivity contribution is 6.32. The summed E-state index contributed by atoms with van der Waals surface area (Å²) in [4.78, 5) is 27.0. The number of amides is 2. The minimum absolute atomic E-state index is 0.205. The van der Waals surface area contributed by atoms with Gasteiger partial charge in [-0.3, -0.25) is 9.59 Å². The van der Waals surface area contributed by atoms with Crippen LogP contribution in [0.25, 0.3) is 0 Å². The number of benzene rings is 2. The molecule has 2 aromatic carbocycles. The van der Waals surface area contributed by atoms with Gasteiger partial charge < -0.3 is 15.0 Å². The van der Waals surface area contributed by atoms with Gasteiger partial charge in [-0.25, -0.2) is 0 Å². The number of para-hydroxylation sites is 1. The summed E-state index contributed by atoms with van der Waals surface area (Å²) in [5.74, 6) is -0.109. The minimum Gasteiger partial charge on any atom is -0.482 e. The lowest BCUT2D eigenvalue weighted by molar-refractivity contribution is -0.142. The van der Waals surface area contributed by atoms with E-state index in [1.54, 1.807) is 30.3 Å². The second-order valence-corrected chi connectivity index (χ2v) is 6.97. The highest BCUT2D eigenvalue weighted by Crippen LogP contribution is 2.24. The van der Waals surface area contributed by atoms with Crippen molar-refractivity contribution in [2.75, 3.05) is 13.2 Å². The van der Waals surface area contributed by atoms with Crippen LogP contribution < -0.4 is 10.1 Å². The van der Waals surface area contributed by atoms with Crippen molar-refractivity contribution >= 4 is 35.0 Å². The third-order valence-corrected chi connectivity index (χ3v) is 4.90. The number of nitrogens with one attached hydrogen (secondary N) is 1. The van der Waals surface area contributed by atoms with Gasteiger partial charge in [0.1, 0.15) is 11.8 Å². The summed E-state index contributed by atoms with van der Waals surface area (Å²) < 4.78 is 5.59. The number of carbonyl (C=O) groups is 2. The summed E-state index contributed by atoms with van der Waals surface area (Å²) >= 11 is 12.4. The predicted molar refractivity (Wildman–Crippen MR) is 112 cm³/mol. The molecule has 1 atom stereocenters. The highest BCUT2D eigenvalue weighted by atomic mass is 35.5. The summed E-state index contributed by atoms with van der Waals surface area (Å²) in [6, 6.07) is 13.6. The average molecular weight is 423 g/mol. The van der Waals surface area contributed by atoms with E-state index in [9.17, 15) is 9.59 Å². The van der Waals surface area contributed by atoms with Crippen molar-refractivity contribution in [3.05, 3.63) is 64.1 Å². The van der Waals surface area contributed by atoms with Gasteiger partial charge in [0.2, 0.25) is 5.91 Å². The number of ether oxygens (including phenoxy) is 1. The lowest BCUT2D eigenvalue weighted by atomic mass is 10.1. The van der Waals surface area contributed by atoms with E-state index in [-0.39, 0.29) is 25.0 Å². The maximum Gasteiger partial charge on any atom is 0.261 e. The van der Waals surface area contributed by atoms with E-state index in [1.165, 1.54) is 4.90 Å². The first-order valence-electron chi connectivity index (χ1n) is 9.15. The van der Waals surface area contributed by atoms with Crippen molar-refractivity contribution < 1.29 is 14.3 Å². The fraction of sp³-hybridized carbons (Fsp3) is 0.333. The smallest absolute Gasteiger partial charge is 0.261 e. The molecule has 0 heterocycles. The molecule has 0 aliphatic rings. The summed E-state index contributed by atoms with van der Waals surface area (Å²) in [6.45, 7) is 4.16. The van der Waals surface area contributed by atoms with Crippen LogP contribution in [0.3, 0.4) is 0 Å². The molecule has 28 heavy (non-hydrogen) atoms. The van der Waals surface area contributed by atoms with E-state index in [2.05, 4.69) is 5.32 Å². The van der Waals surface area contributed by atoms with Gasteiger partial charge in [-0.1, -0.05) is 60.5 Å². The van der Waals surface area contributed by atoms with Crippen LogP contribution in [0.5, 0.6) is 5.75 Å². The lowest BCUT2D eigenvalue weighted by Gasteiger charge is -2.30. The molecule has 2 aromatic rings. The average Bonchev–Trinajstić information content (AvgIpc) is 2.68. The van der Waals surface area contributed by atoms with Crippen LogP contribution in [0.1, 0.15) is 25.8 Å². The summed E-state index contributed by atoms with van der Waals surface area (Å²) in [6.07, 6.45) is 0.466. The molecule has 0 saturated carbocycles. The Morgan fingerprint density at radius 2 is 1.68 bits per heavy atom. The maximum absolute atomic E-state index is 13.0.